The van der Waals surface area contributed by atoms with Crippen molar-refractivity contribution in [2.45, 2.75) is 41.6 Å². The van der Waals surface area contributed by atoms with E-state index in [1.807, 2.05) is 17.0 Å². The highest BCUT2D eigenvalue weighted by atomic mass is 32.2. The molecule has 0 bridgehead atoms. The predicted molar refractivity (Wildman–Crippen MR) is 139 cm³/mol. The molecular formula is C26H35N3O5S2. The monoisotopic (exact) mass is 533 g/mol. The average Bonchev–Trinajstić information content (AvgIpc) is 3.10. The van der Waals surface area contributed by atoms with Crippen molar-refractivity contribution in [3.63, 3.8) is 0 Å². The minimum atomic E-state index is -3.29. The molecule has 0 saturated carbocycles. The Labute approximate surface area is 214 Å². The van der Waals surface area contributed by atoms with Crippen molar-refractivity contribution in [1.29, 1.82) is 0 Å². The molecule has 8 nitrogen and oxygen atoms in total. The summed E-state index contributed by atoms with van der Waals surface area (Å²) >= 11 is 0. The first kappa shape index (κ1) is 26.8. The number of carbonyl (C=O) groups excluding carboxylic acids is 1. The fourth-order valence-electron chi connectivity index (χ4n) is 5.21. The summed E-state index contributed by atoms with van der Waals surface area (Å²) in [5, 5.41) is 0. The number of amides is 1. The molecule has 2 aliphatic heterocycles. The molecule has 2 saturated heterocycles. The van der Waals surface area contributed by atoms with Crippen molar-refractivity contribution in [1.82, 2.24) is 14.7 Å². The van der Waals surface area contributed by atoms with Crippen LogP contribution in [0.15, 0.2) is 58.3 Å². The maximum Gasteiger partial charge on any atom is 0.253 e. The Hall–Kier alpha value is -2.27. The highest BCUT2D eigenvalue weighted by Crippen LogP contribution is 2.23. The molecule has 0 atom stereocenters. The minimum absolute atomic E-state index is 0.0590. The van der Waals surface area contributed by atoms with Crippen molar-refractivity contribution in [3.05, 3.63) is 59.7 Å². The summed E-state index contributed by atoms with van der Waals surface area (Å²) < 4.78 is 47.6. The molecule has 2 aromatic rings. The number of sulfone groups is 2. The molecule has 10 heteroatoms. The van der Waals surface area contributed by atoms with E-state index in [1.54, 1.807) is 24.3 Å². The zero-order valence-corrected chi connectivity index (χ0v) is 22.6. The highest BCUT2D eigenvalue weighted by molar-refractivity contribution is 7.91. The van der Waals surface area contributed by atoms with E-state index in [4.69, 9.17) is 0 Å². The van der Waals surface area contributed by atoms with Crippen LogP contribution in [0.3, 0.4) is 0 Å². The van der Waals surface area contributed by atoms with E-state index >= 15 is 0 Å². The fraction of sp³-hybridized carbons (Fsp3) is 0.500. The third-order valence-electron chi connectivity index (χ3n) is 7.19. The summed E-state index contributed by atoms with van der Waals surface area (Å²) in [6, 6.07) is 13.9. The van der Waals surface area contributed by atoms with Crippen molar-refractivity contribution in [2.24, 2.45) is 0 Å². The summed E-state index contributed by atoms with van der Waals surface area (Å²) in [4.78, 5) is 20.3. The van der Waals surface area contributed by atoms with Gasteiger partial charge in [-0.3, -0.25) is 14.6 Å². The molecule has 0 spiro atoms. The van der Waals surface area contributed by atoms with E-state index in [0.717, 1.165) is 57.3 Å². The van der Waals surface area contributed by atoms with E-state index in [1.165, 1.54) is 18.4 Å². The molecule has 2 heterocycles. The Balaban J connectivity index is 1.30. The molecule has 2 fully saturated rings. The number of hydrogen-bond acceptors (Lipinski definition) is 7. The predicted octanol–water partition coefficient (Wildman–Crippen LogP) is 2.31. The number of likely N-dealkylation sites (tertiary alicyclic amines) is 1. The lowest BCUT2D eigenvalue weighted by molar-refractivity contribution is 0.0745. The molecule has 4 rings (SSSR count). The van der Waals surface area contributed by atoms with Crippen LogP contribution >= 0.6 is 0 Å². The number of hydrogen-bond donors (Lipinski definition) is 0. The molecule has 2 aliphatic rings. The van der Waals surface area contributed by atoms with E-state index < -0.39 is 19.7 Å². The number of rotatable bonds is 6. The van der Waals surface area contributed by atoms with Crippen LogP contribution in [0, 0.1) is 0 Å². The average molecular weight is 534 g/mol. The first-order valence-corrected chi connectivity index (χ1v) is 16.1. The zero-order valence-electron chi connectivity index (χ0n) is 21.0. The minimum Gasteiger partial charge on any atom is -0.337 e. The molecule has 0 aromatic heterocycles. The highest BCUT2D eigenvalue weighted by Gasteiger charge is 2.28. The van der Waals surface area contributed by atoms with Gasteiger partial charge in [-0.1, -0.05) is 18.2 Å². The van der Waals surface area contributed by atoms with Crippen molar-refractivity contribution < 1.29 is 21.6 Å². The SMILES string of the molecule is CS(=O)(=O)c1ccc(C(=O)N2CCCN(C3CCN(Cc4ccccc4S(C)(=O)=O)CC3)CC2)cc1. The number of carbonyl (C=O) groups is 1. The Morgan fingerprint density at radius 3 is 2.11 bits per heavy atom. The summed E-state index contributed by atoms with van der Waals surface area (Å²) in [6.45, 7) is 5.55. The van der Waals surface area contributed by atoms with Crippen LogP contribution in [0.1, 0.15) is 35.2 Å². The van der Waals surface area contributed by atoms with E-state index in [0.29, 0.717) is 36.1 Å². The van der Waals surface area contributed by atoms with Gasteiger partial charge in [-0.2, -0.15) is 0 Å². The fourth-order valence-corrected chi connectivity index (χ4v) is 6.78. The molecule has 0 unspecified atom stereocenters. The largest absolute Gasteiger partial charge is 0.337 e. The molecule has 0 N–H and O–H groups in total. The first-order chi connectivity index (χ1) is 17.0. The normalized spacial score (nSPS) is 19.2. The van der Waals surface area contributed by atoms with Gasteiger partial charge in [0, 0.05) is 56.8 Å². The maximum atomic E-state index is 13.0. The van der Waals surface area contributed by atoms with Crippen LogP contribution in [0.25, 0.3) is 0 Å². The number of benzene rings is 2. The van der Waals surface area contributed by atoms with Gasteiger partial charge < -0.3 is 4.90 Å². The van der Waals surface area contributed by atoms with Gasteiger partial charge in [-0.05, 0) is 68.2 Å². The maximum absolute atomic E-state index is 13.0. The Morgan fingerprint density at radius 1 is 0.806 bits per heavy atom. The second kappa shape index (κ2) is 11.0. The van der Waals surface area contributed by atoms with Gasteiger partial charge >= 0.3 is 0 Å². The lowest BCUT2D eigenvalue weighted by Gasteiger charge is -2.38. The van der Waals surface area contributed by atoms with Crippen LogP contribution in [-0.2, 0) is 26.2 Å². The Morgan fingerprint density at radius 2 is 1.47 bits per heavy atom. The van der Waals surface area contributed by atoms with E-state index in [-0.39, 0.29) is 10.8 Å². The van der Waals surface area contributed by atoms with Crippen LogP contribution in [0.5, 0.6) is 0 Å². The van der Waals surface area contributed by atoms with Gasteiger partial charge in [0.2, 0.25) is 0 Å². The van der Waals surface area contributed by atoms with Crippen LogP contribution < -0.4 is 0 Å². The van der Waals surface area contributed by atoms with E-state index in [2.05, 4.69) is 9.80 Å². The Bertz CT molecular complexity index is 1290. The second-order valence-electron chi connectivity index (χ2n) is 9.87. The lowest BCUT2D eigenvalue weighted by Crippen LogP contribution is -2.46. The van der Waals surface area contributed by atoms with Gasteiger partial charge in [0.05, 0.1) is 9.79 Å². The summed E-state index contributed by atoms with van der Waals surface area (Å²) in [5.41, 5.74) is 1.37. The van der Waals surface area contributed by atoms with E-state index in [9.17, 15) is 21.6 Å². The van der Waals surface area contributed by atoms with Gasteiger partial charge in [0.1, 0.15) is 0 Å². The first-order valence-electron chi connectivity index (χ1n) is 12.4. The van der Waals surface area contributed by atoms with Crippen LogP contribution in [0.4, 0.5) is 0 Å². The van der Waals surface area contributed by atoms with Gasteiger partial charge in [-0.25, -0.2) is 16.8 Å². The summed E-state index contributed by atoms with van der Waals surface area (Å²) in [7, 11) is -6.54. The molecular weight excluding hydrogens is 498 g/mol. The van der Waals surface area contributed by atoms with Crippen LogP contribution in [-0.4, -0.2) is 95.3 Å². The topological polar surface area (TPSA) is 95.1 Å². The van der Waals surface area contributed by atoms with Gasteiger partial charge in [0.25, 0.3) is 5.91 Å². The molecule has 196 valence electrons. The summed E-state index contributed by atoms with van der Waals surface area (Å²) in [6.07, 6.45) is 5.35. The third kappa shape index (κ3) is 6.53. The summed E-state index contributed by atoms with van der Waals surface area (Å²) in [5.74, 6) is -0.0590. The molecule has 2 aromatic carbocycles. The molecule has 0 aliphatic carbocycles. The molecule has 1 amide bonds. The van der Waals surface area contributed by atoms with Gasteiger partial charge in [-0.15, -0.1) is 0 Å². The lowest BCUT2D eigenvalue weighted by atomic mass is 10.0. The third-order valence-corrected chi connectivity index (χ3v) is 9.51. The number of piperidine rings is 1. The second-order valence-corrected chi connectivity index (χ2v) is 13.9. The smallest absolute Gasteiger partial charge is 0.253 e. The van der Waals surface area contributed by atoms with Crippen molar-refractivity contribution in [3.8, 4) is 0 Å². The molecule has 36 heavy (non-hydrogen) atoms. The standard InChI is InChI=1S/C26H35N3O5S2/c1-35(31,32)24-10-8-21(9-11-24)26(30)29-15-5-14-28(18-19-29)23-12-16-27(17-13-23)20-22-6-3-4-7-25(22)36(2,33)34/h3-4,6-11,23H,5,12-20H2,1-2H3. The van der Waals surface area contributed by atoms with Crippen molar-refractivity contribution >= 4 is 25.6 Å². The Kier molecular flexibility index (Phi) is 8.18. The van der Waals surface area contributed by atoms with Crippen LogP contribution in [0.2, 0.25) is 0 Å². The zero-order chi connectivity index (χ0) is 25.9. The molecule has 0 radical (unpaired) electrons. The quantitative estimate of drug-likeness (QED) is 0.562. The number of nitrogens with zero attached hydrogens (tertiary/aromatic N) is 3. The van der Waals surface area contributed by atoms with Gasteiger partial charge in [0.15, 0.2) is 19.7 Å². The van der Waals surface area contributed by atoms with Crippen molar-refractivity contribution in [2.75, 3.05) is 51.8 Å².